The molecule has 1 saturated heterocycles. The van der Waals surface area contributed by atoms with Gasteiger partial charge in [-0.05, 0) is 31.9 Å². The molecule has 2 heterocycles. The molecule has 0 aromatic carbocycles. The van der Waals surface area contributed by atoms with Crippen LogP contribution in [0.25, 0.3) is 0 Å². The Labute approximate surface area is 90.6 Å². The molecule has 1 unspecified atom stereocenters. The molecule has 2 rings (SSSR count). The molecule has 3 nitrogen and oxygen atoms in total. The van der Waals surface area contributed by atoms with Crippen LogP contribution in [0.5, 0.6) is 0 Å². The van der Waals surface area contributed by atoms with E-state index in [-0.39, 0.29) is 6.04 Å². The van der Waals surface area contributed by atoms with Gasteiger partial charge in [-0.1, -0.05) is 0 Å². The van der Waals surface area contributed by atoms with E-state index in [1.807, 2.05) is 13.0 Å². The van der Waals surface area contributed by atoms with Crippen molar-refractivity contribution in [1.29, 1.82) is 0 Å². The van der Waals surface area contributed by atoms with Crippen LogP contribution in [-0.2, 0) is 11.2 Å². The van der Waals surface area contributed by atoms with Crippen LogP contribution in [0, 0.1) is 0 Å². The van der Waals surface area contributed by atoms with Gasteiger partial charge in [-0.3, -0.25) is 0 Å². The highest BCUT2D eigenvalue weighted by molar-refractivity contribution is 5.12. The third-order valence-electron chi connectivity index (χ3n) is 2.83. The summed E-state index contributed by atoms with van der Waals surface area (Å²) in [5.74, 6) is 2.65. The highest BCUT2D eigenvalue weighted by atomic mass is 16.5. The van der Waals surface area contributed by atoms with E-state index in [0.29, 0.717) is 5.92 Å². The van der Waals surface area contributed by atoms with Crippen LogP contribution >= 0.6 is 0 Å². The zero-order chi connectivity index (χ0) is 10.7. The largest absolute Gasteiger partial charge is 0.466 e. The molecule has 2 N–H and O–H groups in total. The molecular formula is C12H19NO2. The Kier molecular flexibility index (Phi) is 3.44. The first-order chi connectivity index (χ1) is 7.25. The van der Waals surface area contributed by atoms with Gasteiger partial charge in [0.1, 0.15) is 11.5 Å². The normalized spacial score (nSPS) is 20.4. The average molecular weight is 209 g/mol. The highest BCUT2D eigenvalue weighted by Crippen LogP contribution is 2.28. The lowest BCUT2D eigenvalue weighted by Gasteiger charge is -2.19. The number of nitrogens with two attached hydrogens (primary N) is 1. The Balaban J connectivity index is 1.99. The maximum Gasteiger partial charge on any atom is 0.107 e. The second-order valence-electron chi connectivity index (χ2n) is 4.37. The molecule has 15 heavy (non-hydrogen) atoms. The van der Waals surface area contributed by atoms with Gasteiger partial charge in [-0.15, -0.1) is 0 Å². The van der Waals surface area contributed by atoms with Gasteiger partial charge >= 0.3 is 0 Å². The lowest BCUT2D eigenvalue weighted by atomic mass is 9.98. The molecule has 0 radical (unpaired) electrons. The molecule has 1 aromatic heterocycles. The predicted octanol–water partition coefficient (Wildman–Crippen LogP) is 2.06. The standard InChI is InChI=1S/C12H19NO2/c1-9(13)8-11-2-3-12(15-11)10-4-6-14-7-5-10/h2-3,9-10H,4-8,13H2,1H3. The van der Waals surface area contributed by atoms with Gasteiger partial charge in [-0.25, -0.2) is 0 Å². The van der Waals surface area contributed by atoms with E-state index < -0.39 is 0 Å². The second-order valence-corrected chi connectivity index (χ2v) is 4.37. The van der Waals surface area contributed by atoms with Gasteiger partial charge in [-0.2, -0.15) is 0 Å². The van der Waals surface area contributed by atoms with Crippen molar-refractivity contribution in [3.05, 3.63) is 23.7 Å². The summed E-state index contributed by atoms with van der Waals surface area (Å²) in [5, 5.41) is 0. The first kappa shape index (κ1) is 10.7. The summed E-state index contributed by atoms with van der Waals surface area (Å²) in [7, 11) is 0. The van der Waals surface area contributed by atoms with Crippen molar-refractivity contribution in [3.63, 3.8) is 0 Å². The molecule has 0 bridgehead atoms. The maximum atomic E-state index is 5.80. The van der Waals surface area contributed by atoms with E-state index in [2.05, 4.69) is 6.07 Å². The molecule has 0 saturated carbocycles. The monoisotopic (exact) mass is 209 g/mol. The zero-order valence-corrected chi connectivity index (χ0v) is 9.24. The van der Waals surface area contributed by atoms with Crippen molar-refractivity contribution in [3.8, 4) is 0 Å². The number of hydrogen-bond donors (Lipinski definition) is 1. The summed E-state index contributed by atoms with van der Waals surface area (Å²) in [6, 6.07) is 4.31. The summed E-state index contributed by atoms with van der Waals surface area (Å²) >= 11 is 0. The number of furan rings is 1. The average Bonchev–Trinajstić information content (AvgIpc) is 2.67. The Bertz CT molecular complexity index is 300. The summed E-state index contributed by atoms with van der Waals surface area (Å²) in [4.78, 5) is 0. The summed E-state index contributed by atoms with van der Waals surface area (Å²) in [6.07, 6.45) is 2.97. The Morgan fingerprint density at radius 1 is 1.40 bits per heavy atom. The molecule has 0 amide bonds. The van der Waals surface area contributed by atoms with Gasteiger partial charge < -0.3 is 14.9 Å². The van der Waals surface area contributed by atoms with Crippen molar-refractivity contribution in [1.82, 2.24) is 0 Å². The van der Waals surface area contributed by atoms with Crippen LogP contribution < -0.4 is 5.73 Å². The highest BCUT2D eigenvalue weighted by Gasteiger charge is 2.19. The third-order valence-corrected chi connectivity index (χ3v) is 2.83. The van der Waals surface area contributed by atoms with Crippen LogP contribution in [-0.4, -0.2) is 19.3 Å². The van der Waals surface area contributed by atoms with Crippen LogP contribution in [0.4, 0.5) is 0 Å². The van der Waals surface area contributed by atoms with Crippen molar-refractivity contribution < 1.29 is 9.15 Å². The molecule has 1 atom stereocenters. The van der Waals surface area contributed by atoms with E-state index in [4.69, 9.17) is 14.9 Å². The van der Waals surface area contributed by atoms with Gasteiger partial charge in [0.2, 0.25) is 0 Å². The van der Waals surface area contributed by atoms with E-state index in [1.54, 1.807) is 0 Å². The van der Waals surface area contributed by atoms with Crippen LogP contribution in [0.2, 0.25) is 0 Å². The number of hydrogen-bond acceptors (Lipinski definition) is 3. The fraction of sp³-hybridized carbons (Fsp3) is 0.667. The van der Waals surface area contributed by atoms with E-state index in [1.165, 1.54) is 0 Å². The minimum atomic E-state index is 0.165. The van der Waals surface area contributed by atoms with Crippen molar-refractivity contribution in [2.75, 3.05) is 13.2 Å². The summed E-state index contributed by atoms with van der Waals surface area (Å²) in [5.41, 5.74) is 5.73. The summed E-state index contributed by atoms with van der Waals surface area (Å²) in [6.45, 7) is 3.71. The van der Waals surface area contributed by atoms with E-state index in [9.17, 15) is 0 Å². The smallest absolute Gasteiger partial charge is 0.107 e. The molecule has 1 aliphatic rings. The van der Waals surface area contributed by atoms with Gasteiger partial charge in [0.25, 0.3) is 0 Å². The molecule has 84 valence electrons. The topological polar surface area (TPSA) is 48.4 Å². The van der Waals surface area contributed by atoms with Crippen LogP contribution in [0.15, 0.2) is 16.5 Å². The fourth-order valence-corrected chi connectivity index (χ4v) is 2.02. The first-order valence-electron chi connectivity index (χ1n) is 5.67. The van der Waals surface area contributed by atoms with Gasteiger partial charge in [0.15, 0.2) is 0 Å². The zero-order valence-electron chi connectivity index (χ0n) is 9.24. The predicted molar refractivity (Wildman–Crippen MR) is 58.9 cm³/mol. The quantitative estimate of drug-likeness (QED) is 0.829. The minimum Gasteiger partial charge on any atom is -0.466 e. The number of rotatable bonds is 3. The summed E-state index contributed by atoms with van der Waals surface area (Å²) < 4.78 is 11.1. The second kappa shape index (κ2) is 4.81. The van der Waals surface area contributed by atoms with Gasteiger partial charge in [0, 0.05) is 31.6 Å². The molecule has 3 heteroatoms. The molecule has 0 spiro atoms. The van der Waals surface area contributed by atoms with E-state index >= 15 is 0 Å². The van der Waals surface area contributed by atoms with Crippen LogP contribution in [0.3, 0.4) is 0 Å². The van der Waals surface area contributed by atoms with Crippen molar-refractivity contribution in [2.24, 2.45) is 5.73 Å². The van der Waals surface area contributed by atoms with Crippen LogP contribution in [0.1, 0.15) is 37.2 Å². The lowest BCUT2D eigenvalue weighted by molar-refractivity contribution is 0.0803. The first-order valence-corrected chi connectivity index (χ1v) is 5.67. The SMILES string of the molecule is CC(N)Cc1ccc(C2CCOCC2)o1. The molecule has 1 aliphatic heterocycles. The molecular weight excluding hydrogens is 190 g/mol. The Hall–Kier alpha value is -0.800. The Morgan fingerprint density at radius 3 is 2.80 bits per heavy atom. The Morgan fingerprint density at radius 2 is 2.13 bits per heavy atom. The van der Waals surface area contributed by atoms with Crippen molar-refractivity contribution in [2.45, 2.75) is 38.1 Å². The van der Waals surface area contributed by atoms with Gasteiger partial charge in [0.05, 0.1) is 0 Å². The minimum absolute atomic E-state index is 0.165. The third kappa shape index (κ3) is 2.83. The lowest BCUT2D eigenvalue weighted by Crippen LogP contribution is -2.17. The molecule has 1 fully saturated rings. The molecule has 0 aliphatic carbocycles. The van der Waals surface area contributed by atoms with Crippen molar-refractivity contribution >= 4 is 0 Å². The van der Waals surface area contributed by atoms with E-state index in [0.717, 1.165) is 44.0 Å². The molecule has 1 aromatic rings. The maximum absolute atomic E-state index is 5.80. The fourth-order valence-electron chi connectivity index (χ4n) is 2.02. The number of ether oxygens (including phenoxy) is 1.